The highest BCUT2D eigenvalue weighted by molar-refractivity contribution is 6.32. The third kappa shape index (κ3) is 2.92. The first kappa shape index (κ1) is 13.1. The fourth-order valence-corrected chi connectivity index (χ4v) is 1.98. The minimum atomic E-state index is 0.261. The van der Waals surface area contributed by atoms with Crippen LogP contribution in [-0.2, 0) is 6.42 Å². The van der Waals surface area contributed by atoms with E-state index in [-0.39, 0.29) is 5.28 Å². The van der Waals surface area contributed by atoms with E-state index in [1.165, 1.54) is 0 Å². The van der Waals surface area contributed by atoms with Crippen molar-refractivity contribution in [3.63, 3.8) is 0 Å². The van der Waals surface area contributed by atoms with Gasteiger partial charge in [0, 0.05) is 12.6 Å². The molecule has 1 aromatic heterocycles. The third-order valence-corrected chi connectivity index (χ3v) is 3.13. The summed E-state index contributed by atoms with van der Waals surface area (Å²) in [5.41, 5.74) is 2.97. The topological polar surface area (TPSA) is 35.0 Å². The monoisotopic (exact) mass is 282 g/mol. The number of aromatic nitrogens is 2. The fraction of sp³-hybridized carbons (Fsp3) is 0.231. The van der Waals surface area contributed by atoms with Gasteiger partial charge in [-0.25, -0.2) is 9.97 Å². The molecule has 18 heavy (non-hydrogen) atoms. The summed E-state index contributed by atoms with van der Waals surface area (Å²) in [5, 5.41) is 0.857. The van der Waals surface area contributed by atoms with Crippen LogP contribution in [0, 0.1) is 6.92 Å². The highest BCUT2D eigenvalue weighted by atomic mass is 35.5. The van der Waals surface area contributed by atoms with Gasteiger partial charge in [0.2, 0.25) is 5.28 Å². The number of hydrogen-bond acceptors (Lipinski definition) is 3. The molecule has 1 heterocycles. The van der Waals surface area contributed by atoms with E-state index in [0.717, 1.165) is 16.8 Å². The molecule has 2 aromatic rings. The van der Waals surface area contributed by atoms with Crippen molar-refractivity contribution in [1.29, 1.82) is 0 Å². The average Bonchev–Trinajstić information content (AvgIpc) is 2.36. The maximum Gasteiger partial charge on any atom is 0.222 e. The zero-order valence-corrected chi connectivity index (χ0v) is 11.6. The lowest BCUT2D eigenvalue weighted by molar-refractivity contribution is 0.414. The Morgan fingerprint density at radius 1 is 1.28 bits per heavy atom. The first-order chi connectivity index (χ1) is 8.60. The molecule has 0 N–H and O–H groups in total. The van der Waals surface area contributed by atoms with Crippen molar-refractivity contribution < 1.29 is 4.74 Å². The highest BCUT2D eigenvalue weighted by Gasteiger charge is 2.07. The molecule has 0 fully saturated rings. The lowest BCUT2D eigenvalue weighted by Gasteiger charge is -2.08. The molecule has 94 valence electrons. The van der Waals surface area contributed by atoms with Gasteiger partial charge < -0.3 is 4.74 Å². The maximum atomic E-state index is 5.98. The van der Waals surface area contributed by atoms with Gasteiger partial charge in [-0.05, 0) is 41.8 Å². The summed E-state index contributed by atoms with van der Waals surface area (Å²) in [4.78, 5) is 8.16. The predicted octanol–water partition coefficient (Wildman–Crippen LogP) is 3.69. The Kier molecular flexibility index (Phi) is 4.04. The Morgan fingerprint density at radius 2 is 2.06 bits per heavy atom. The van der Waals surface area contributed by atoms with Crippen LogP contribution in [-0.4, -0.2) is 17.1 Å². The molecule has 0 radical (unpaired) electrons. The van der Waals surface area contributed by atoms with Gasteiger partial charge in [-0.15, -0.1) is 0 Å². The summed E-state index contributed by atoms with van der Waals surface area (Å²) in [6.45, 7) is 1.96. The molecule has 0 aliphatic carbocycles. The van der Waals surface area contributed by atoms with Gasteiger partial charge in [0.1, 0.15) is 5.75 Å². The zero-order valence-electron chi connectivity index (χ0n) is 10.1. The number of hydrogen-bond donors (Lipinski definition) is 0. The van der Waals surface area contributed by atoms with E-state index in [1.807, 2.05) is 25.1 Å². The van der Waals surface area contributed by atoms with Crippen molar-refractivity contribution in [2.24, 2.45) is 0 Å². The Balaban J connectivity index is 2.31. The molecule has 0 unspecified atom stereocenters. The molecule has 1 aromatic carbocycles. The maximum absolute atomic E-state index is 5.98. The molecule has 2 rings (SSSR count). The summed E-state index contributed by atoms with van der Waals surface area (Å²) in [6, 6.07) is 5.66. The second kappa shape index (κ2) is 5.55. The van der Waals surface area contributed by atoms with Crippen LogP contribution in [0.15, 0.2) is 24.4 Å². The van der Waals surface area contributed by atoms with E-state index in [9.17, 15) is 0 Å². The predicted molar refractivity (Wildman–Crippen MR) is 72.6 cm³/mol. The van der Waals surface area contributed by atoms with E-state index in [0.29, 0.717) is 17.2 Å². The summed E-state index contributed by atoms with van der Waals surface area (Å²) >= 11 is 11.8. The summed E-state index contributed by atoms with van der Waals surface area (Å²) < 4.78 is 5.19. The Labute approximate surface area is 116 Å². The number of halogens is 2. The van der Waals surface area contributed by atoms with E-state index < -0.39 is 0 Å². The molecule has 0 bridgehead atoms. The zero-order chi connectivity index (χ0) is 13.1. The van der Waals surface area contributed by atoms with Crippen LogP contribution >= 0.6 is 23.2 Å². The SMILES string of the molecule is COc1cc(Cc2nc(Cl)ncc2C)ccc1Cl. The van der Waals surface area contributed by atoms with Crippen molar-refractivity contribution in [2.45, 2.75) is 13.3 Å². The van der Waals surface area contributed by atoms with Crippen molar-refractivity contribution in [3.05, 3.63) is 51.5 Å². The number of nitrogens with zero attached hydrogens (tertiary/aromatic N) is 2. The standard InChI is InChI=1S/C13H12Cl2N2O/c1-8-7-16-13(15)17-11(8)5-9-3-4-10(14)12(6-9)18-2/h3-4,6-7H,5H2,1-2H3. The molecule has 0 amide bonds. The summed E-state index contributed by atoms with van der Waals surface area (Å²) in [7, 11) is 1.60. The van der Waals surface area contributed by atoms with Crippen LogP contribution in [0.2, 0.25) is 10.3 Å². The molecule has 0 aliphatic heterocycles. The number of rotatable bonds is 3. The average molecular weight is 283 g/mol. The summed E-state index contributed by atoms with van der Waals surface area (Å²) in [5.74, 6) is 0.659. The Bertz CT molecular complexity index is 573. The molecule has 0 aliphatic rings. The van der Waals surface area contributed by atoms with Gasteiger partial charge >= 0.3 is 0 Å². The van der Waals surface area contributed by atoms with Crippen molar-refractivity contribution in [1.82, 2.24) is 9.97 Å². The molecule has 0 saturated heterocycles. The number of benzene rings is 1. The Morgan fingerprint density at radius 3 is 2.78 bits per heavy atom. The van der Waals surface area contributed by atoms with Crippen LogP contribution in [0.3, 0.4) is 0 Å². The Hall–Kier alpha value is -1.32. The van der Waals surface area contributed by atoms with E-state index in [4.69, 9.17) is 27.9 Å². The molecular weight excluding hydrogens is 271 g/mol. The lowest BCUT2D eigenvalue weighted by atomic mass is 10.1. The number of ether oxygens (including phenoxy) is 1. The first-order valence-corrected chi connectivity index (χ1v) is 6.16. The van der Waals surface area contributed by atoms with Crippen molar-refractivity contribution >= 4 is 23.2 Å². The molecular formula is C13H12Cl2N2O. The van der Waals surface area contributed by atoms with E-state index in [1.54, 1.807) is 13.3 Å². The largest absolute Gasteiger partial charge is 0.495 e. The second-order valence-electron chi connectivity index (χ2n) is 3.91. The van der Waals surface area contributed by atoms with E-state index >= 15 is 0 Å². The smallest absolute Gasteiger partial charge is 0.222 e. The molecule has 0 saturated carbocycles. The highest BCUT2D eigenvalue weighted by Crippen LogP contribution is 2.26. The van der Waals surface area contributed by atoms with Gasteiger partial charge in [-0.1, -0.05) is 17.7 Å². The minimum Gasteiger partial charge on any atom is -0.495 e. The number of aryl methyl sites for hydroxylation is 1. The van der Waals surface area contributed by atoms with Crippen molar-refractivity contribution in [2.75, 3.05) is 7.11 Å². The van der Waals surface area contributed by atoms with Crippen LogP contribution in [0.4, 0.5) is 0 Å². The van der Waals surface area contributed by atoms with Crippen LogP contribution in [0.1, 0.15) is 16.8 Å². The minimum absolute atomic E-state index is 0.261. The van der Waals surface area contributed by atoms with Crippen LogP contribution < -0.4 is 4.74 Å². The third-order valence-electron chi connectivity index (χ3n) is 2.63. The molecule has 3 nitrogen and oxygen atoms in total. The van der Waals surface area contributed by atoms with Gasteiger partial charge in [0.05, 0.1) is 17.8 Å². The molecule has 5 heteroatoms. The van der Waals surface area contributed by atoms with Crippen LogP contribution in [0.25, 0.3) is 0 Å². The first-order valence-electron chi connectivity index (χ1n) is 5.40. The van der Waals surface area contributed by atoms with Crippen LogP contribution in [0.5, 0.6) is 5.75 Å². The fourth-order valence-electron chi connectivity index (χ4n) is 1.64. The van der Waals surface area contributed by atoms with Gasteiger partial charge in [-0.3, -0.25) is 0 Å². The van der Waals surface area contributed by atoms with Gasteiger partial charge in [0.15, 0.2) is 0 Å². The van der Waals surface area contributed by atoms with E-state index in [2.05, 4.69) is 9.97 Å². The normalized spacial score (nSPS) is 10.4. The van der Waals surface area contributed by atoms with Gasteiger partial charge in [-0.2, -0.15) is 0 Å². The lowest BCUT2D eigenvalue weighted by Crippen LogP contribution is -1.98. The van der Waals surface area contributed by atoms with Crippen molar-refractivity contribution in [3.8, 4) is 5.75 Å². The second-order valence-corrected chi connectivity index (χ2v) is 4.66. The molecule has 0 spiro atoms. The molecule has 0 atom stereocenters. The quantitative estimate of drug-likeness (QED) is 0.806. The number of methoxy groups -OCH3 is 1. The summed E-state index contributed by atoms with van der Waals surface area (Å²) in [6.07, 6.45) is 2.39. The van der Waals surface area contributed by atoms with Gasteiger partial charge in [0.25, 0.3) is 0 Å².